The fraction of sp³-hybridized carbons (Fsp3) is 0.409. The highest BCUT2D eigenvalue weighted by Crippen LogP contribution is 2.19. The summed E-state index contributed by atoms with van der Waals surface area (Å²) in [6.07, 6.45) is 0.472. The average Bonchev–Trinajstić information content (AvgIpc) is 2.65. The van der Waals surface area contributed by atoms with Crippen molar-refractivity contribution in [2.75, 3.05) is 41.3 Å². The van der Waals surface area contributed by atoms with Crippen LogP contribution in [0.25, 0.3) is 0 Å². The monoisotopic (exact) mass is 353 g/mol. The first-order valence-corrected chi connectivity index (χ1v) is 9.53. The molecule has 4 nitrogen and oxygen atoms in total. The number of hydrogen-bond acceptors (Lipinski definition) is 3. The second kappa shape index (κ2) is 9.85. The van der Waals surface area contributed by atoms with Gasteiger partial charge in [-0.1, -0.05) is 12.1 Å². The lowest BCUT2D eigenvalue weighted by atomic mass is 10.2. The number of nitrogens with one attached hydrogen (secondary N) is 1. The zero-order valence-corrected chi connectivity index (χ0v) is 16.5. The van der Waals surface area contributed by atoms with Crippen LogP contribution in [-0.4, -0.2) is 32.1 Å². The summed E-state index contributed by atoms with van der Waals surface area (Å²) in [5, 5.41) is 3.00. The predicted molar refractivity (Wildman–Crippen MR) is 112 cm³/mol. The number of nitrogens with zero attached hydrogens (tertiary/aromatic N) is 2. The summed E-state index contributed by atoms with van der Waals surface area (Å²) >= 11 is 0. The highest BCUT2D eigenvalue weighted by atomic mass is 16.1. The topological polar surface area (TPSA) is 35.6 Å². The summed E-state index contributed by atoms with van der Waals surface area (Å²) in [5.41, 5.74) is 4.44. The molecule has 140 valence electrons. The number of amides is 1. The summed E-state index contributed by atoms with van der Waals surface area (Å²) in [4.78, 5) is 16.8. The minimum Gasteiger partial charge on any atom is -0.372 e. The second-order valence-corrected chi connectivity index (χ2v) is 6.44. The molecule has 0 unspecified atom stereocenters. The number of carbonyl (C=O) groups is 1. The molecule has 0 fully saturated rings. The molecular weight excluding hydrogens is 322 g/mol. The van der Waals surface area contributed by atoms with Crippen LogP contribution < -0.4 is 15.1 Å². The van der Waals surface area contributed by atoms with E-state index in [4.69, 9.17) is 0 Å². The zero-order valence-electron chi connectivity index (χ0n) is 16.5. The molecule has 26 heavy (non-hydrogen) atoms. The molecule has 0 spiro atoms. The fourth-order valence-electron chi connectivity index (χ4n) is 3.10. The molecule has 0 aliphatic rings. The Labute approximate surface area is 157 Å². The van der Waals surface area contributed by atoms with Crippen molar-refractivity contribution in [3.8, 4) is 0 Å². The second-order valence-electron chi connectivity index (χ2n) is 6.44. The summed E-state index contributed by atoms with van der Waals surface area (Å²) in [6.45, 7) is 12.1. The van der Waals surface area contributed by atoms with Gasteiger partial charge in [-0.3, -0.25) is 4.79 Å². The van der Waals surface area contributed by atoms with Gasteiger partial charge in [0.1, 0.15) is 0 Å². The highest BCUT2D eigenvalue weighted by molar-refractivity contribution is 5.91. The van der Waals surface area contributed by atoms with Gasteiger partial charge < -0.3 is 15.1 Å². The van der Waals surface area contributed by atoms with Crippen LogP contribution in [0.1, 0.15) is 32.8 Å². The Balaban J connectivity index is 1.89. The van der Waals surface area contributed by atoms with E-state index in [1.54, 1.807) is 0 Å². The molecule has 0 radical (unpaired) electrons. The van der Waals surface area contributed by atoms with E-state index in [1.807, 2.05) is 12.1 Å². The third kappa shape index (κ3) is 5.51. The fourth-order valence-corrected chi connectivity index (χ4v) is 3.10. The maximum Gasteiger partial charge on any atom is 0.226 e. The number of hydrogen-bond donors (Lipinski definition) is 1. The van der Waals surface area contributed by atoms with Crippen molar-refractivity contribution in [1.82, 2.24) is 0 Å². The summed E-state index contributed by atoms with van der Waals surface area (Å²) in [6, 6.07) is 16.5. The predicted octanol–water partition coefficient (Wildman–Crippen LogP) is 4.70. The van der Waals surface area contributed by atoms with E-state index in [1.165, 1.54) is 16.9 Å². The lowest BCUT2D eigenvalue weighted by Gasteiger charge is -2.23. The Morgan fingerprint density at radius 2 is 1.54 bits per heavy atom. The molecule has 0 saturated carbocycles. The number of carbonyl (C=O) groups excluding carboxylic acids is 1. The Morgan fingerprint density at radius 1 is 0.885 bits per heavy atom. The van der Waals surface area contributed by atoms with Gasteiger partial charge in [0.15, 0.2) is 0 Å². The molecule has 2 aromatic carbocycles. The highest BCUT2D eigenvalue weighted by Gasteiger charge is 2.09. The van der Waals surface area contributed by atoms with E-state index in [-0.39, 0.29) is 5.91 Å². The van der Waals surface area contributed by atoms with E-state index < -0.39 is 0 Å². The Hall–Kier alpha value is -2.49. The van der Waals surface area contributed by atoms with Gasteiger partial charge in [0, 0.05) is 49.7 Å². The van der Waals surface area contributed by atoms with Crippen molar-refractivity contribution in [1.29, 1.82) is 0 Å². The minimum atomic E-state index is 0.0479. The summed E-state index contributed by atoms with van der Waals surface area (Å²) < 4.78 is 0. The minimum absolute atomic E-state index is 0.0479. The molecule has 0 heterocycles. The van der Waals surface area contributed by atoms with Gasteiger partial charge in [-0.15, -0.1) is 0 Å². The molecule has 1 N–H and O–H groups in total. The average molecular weight is 354 g/mol. The zero-order chi connectivity index (χ0) is 18.9. The maximum atomic E-state index is 12.3. The summed E-state index contributed by atoms with van der Waals surface area (Å²) in [5.74, 6) is 0.0479. The van der Waals surface area contributed by atoms with Gasteiger partial charge >= 0.3 is 0 Å². The van der Waals surface area contributed by atoms with Crippen LogP contribution in [0.3, 0.4) is 0 Å². The van der Waals surface area contributed by atoms with Crippen LogP contribution in [-0.2, 0) is 4.79 Å². The van der Waals surface area contributed by atoms with Gasteiger partial charge in [0.2, 0.25) is 5.91 Å². The van der Waals surface area contributed by atoms with Gasteiger partial charge in [0.25, 0.3) is 0 Å². The van der Waals surface area contributed by atoms with E-state index in [2.05, 4.69) is 79.2 Å². The van der Waals surface area contributed by atoms with E-state index >= 15 is 0 Å². The van der Waals surface area contributed by atoms with Crippen molar-refractivity contribution < 1.29 is 4.79 Å². The third-order valence-electron chi connectivity index (χ3n) is 4.64. The van der Waals surface area contributed by atoms with Crippen LogP contribution in [0, 0.1) is 6.92 Å². The lowest BCUT2D eigenvalue weighted by Crippen LogP contribution is -2.27. The quantitative estimate of drug-likeness (QED) is 0.710. The molecule has 0 aliphatic heterocycles. The Morgan fingerprint density at radius 3 is 2.12 bits per heavy atom. The van der Waals surface area contributed by atoms with Gasteiger partial charge in [-0.2, -0.15) is 0 Å². The SMILES string of the molecule is CCN(CC)c1ccc(NC(=O)CCN(CC)c2cccc(C)c2)cc1. The number of aryl methyl sites for hydroxylation is 1. The van der Waals surface area contributed by atoms with Gasteiger partial charge in [0.05, 0.1) is 0 Å². The normalized spacial score (nSPS) is 10.5. The first-order chi connectivity index (χ1) is 12.6. The lowest BCUT2D eigenvalue weighted by molar-refractivity contribution is -0.116. The van der Waals surface area contributed by atoms with Gasteiger partial charge in [-0.05, 0) is 69.7 Å². The maximum absolute atomic E-state index is 12.3. The molecule has 0 saturated heterocycles. The van der Waals surface area contributed by atoms with Crippen LogP contribution in [0.2, 0.25) is 0 Å². The van der Waals surface area contributed by atoms with Crippen LogP contribution in [0.5, 0.6) is 0 Å². The van der Waals surface area contributed by atoms with E-state index in [9.17, 15) is 4.79 Å². The Bertz CT molecular complexity index is 693. The first-order valence-electron chi connectivity index (χ1n) is 9.53. The molecule has 0 bridgehead atoms. The molecule has 0 aromatic heterocycles. The molecular formula is C22H31N3O. The van der Waals surface area contributed by atoms with Crippen molar-refractivity contribution in [3.63, 3.8) is 0 Å². The molecule has 2 aromatic rings. The standard InChI is InChI=1S/C22H31N3O/c1-5-24(6-2)20-13-11-19(12-14-20)23-22(26)15-16-25(7-3)21-10-8-9-18(4)17-21/h8-14,17H,5-7,15-16H2,1-4H3,(H,23,26). The molecule has 0 aliphatic carbocycles. The van der Waals surface area contributed by atoms with Gasteiger partial charge in [-0.25, -0.2) is 0 Å². The number of anilines is 3. The third-order valence-corrected chi connectivity index (χ3v) is 4.64. The van der Waals surface area contributed by atoms with Crippen molar-refractivity contribution in [2.45, 2.75) is 34.1 Å². The van der Waals surface area contributed by atoms with Crippen molar-refractivity contribution in [3.05, 3.63) is 54.1 Å². The Kier molecular flexibility index (Phi) is 7.52. The largest absolute Gasteiger partial charge is 0.372 e. The molecule has 2 rings (SSSR count). The van der Waals surface area contributed by atoms with Crippen LogP contribution >= 0.6 is 0 Å². The van der Waals surface area contributed by atoms with E-state index in [0.717, 1.165) is 25.3 Å². The smallest absolute Gasteiger partial charge is 0.226 e. The van der Waals surface area contributed by atoms with Crippen molar-refractivity contribution in [2.24, 2.45) is 0 Å². The number of benzene rings is 2. The molecule has 4 heteroatoms. The van der Waals surface area contributed by atoms with Crippen LogP contribution in [0.4, 0.5) is 17.1 Å². The first kappa shape index (κ1) is 19.8. The van der Waals surface area contributed by atoms with E-state index in [0.29, 0.717) is 13.0 Å². The number of rotatable bonds is 9. The molecule has 1 amide bonds. The van der Waals surface area contributed by atoms with Crippen LogP contribution in [0.15, 0.2) is 48.5 Å². The van der Waals surface area contributed by atoms with Crippen molar-refractivity contribution >= 4 is 23.0 Å². The summed E-state index contributed by atoms with van der Waals surface area (Å²) in [7, 11) is 0. The molecule has 0 atom stereocenters.